The number of benzene rings is 1. The Hall–Kier alpha value is -0.620. The van der Waals surface area contributed by atoms with E-state index in [2.05, 4.69) is 0 Å². The number of halogens is 2. The van der Waals surface area contributed by atoms with E-state index in [0.29, 0.717) is 41.3 Å². The first-order chi connectivity index (χ1) is 10.9. The number of rotatable bonds is 3. The third-order valence-corrected chi connectivity index (χ3v) is 7.91. The Kier molecular flexibility index (Phi) is 5.02. The molecular formula is C16H14Cl2O3S2. The SMILES string of the molecule is CS(=O)C1Cc2c(ccc(C(=O)C3=C(Cl)CCCC3=O)c2Cl)S1. The highest BCUT2D eigenvalue weighted by atomic mass is 35.5. The standard InChI is InChI=1S/C16H14Cl2O3S2/c1-23(21)13-7-9-12(22-13)6-5-8(15(9)18)16(20)14-10(17)3-2-4-11(14)19/h5-6,13H,2-4,7H2,1H3. The van der Waals surface area contributed by atoms with Crippen LogP contribution < -0.4 is 0 Å². The van der Waals surface area contributed by atoms with Gasteiger partial charge in [0.05, 0.1) is 15.2 Å². The van der Waals surface area contributed by atoms with Gasteiger partial charge in [-0.15, -0.1) is 11.8 Å². The van der Waals surface area contributed by atoms with Crippen LogP contribution >= 0.6 is 35.0 Å². The van der Waals surface area contributed by atoms with Crippen LogP contribution in [0.15, 0.2) is 27.6 Å². The van der Waals surface area contributed by atoms with Crippen LogP contribution in [0.25, 0.3) is 0 Å². The van der Waals surface area contributed by atoms with Crippen LogP contribution in [0.1, 0.15) is 35.2 Å². The molecule has 1 aromatic rings. The van der Waals surface area contributed by atoms with E-state index in [0.717, 1.165) is 10.5 Å². The van der Waals surface area contributed by atoms with Crippen molar-refractivity contribution in [1.82, 2.24) is 0 Å². The van der Waals surface area contributed by atoms with Gasteiger partial charge < -0.3 is 0 Å². The van der Waals surface area contributed by atoms with Crippen molar-refractivity contribution in [3.05, 3.63) is 38.9 Å². The molecule has 1 aliphatic carbocycles. The Labute approximate surface area is 151 Å². The van der Waals surface area contributed by atoms with Gasteiger partial charge in [-0.2, -0.15) is 0 Å². The van der Waals surface area contributed by atoms with Crippen molar-refractivity contribution in [3.63, 3.8) is 0 Å². The molecular weight excluding hydrogens is 375 g/mol. The number of hydrogen-bond donors (Lipinski definition) is 0. The predicted molar refractivity (Wildman–Crippen MR) is 94.9 cm³/mol. The summed E-state index contributed by atoms with van der Waals surface area (Å²) in [6, 6.07) is 3.45. The number of thioether (sulfide) groups is 1. The minimum absolute atomic E-state index is 0.0491. The van der Waals surface area contributed by atoms with Crippen LogP contribution in [0.3, 0.4) is 0 Å². The third-order valence-electron chi connectivity index (χ3n) is 4.02. The molecule has 3 nitrogen and oxygen atoms in total. The molecule has 0 amide bonds. The van der Waals surface area contributed by atoms with E-state index in [9.17, 15) is 13.8 Å². The van der Waals surface area contributed by atoms with Gasteiger partial charge in [-0.1, -0.05) is 23.2 Å². The molecule has 2 atom stereocenters. The summed E-state index contributed by atoms with van der Waals surface area (Å²) in [7, 11) is -0.974. The van der Waals surface area contributed by atoms with Gasteiger partial charge in [0.25, 0.3) is 0 Å². The normalized spacial score (nSPS) is 22.2. The summed E-state index contributed by atoms with van der Waals surface area (Å²) < 4.78 is 11.6. The highest BCUT2D eigenvalue weighted by Gasteiger charge is 2.32. The topological polar surface area (TPSA) is 51.2 Å². The molecule has 0 aromatic heterocycles. The largest absolute Gasteiger partial charge is 0.294 e. The van der Waals surface area contributed by atoms with E-state index < -0.39 is 16.6 Å². The molecule has 1 aromatic carbocycles. The smallest absolute Gasteiger partial charge is 0.199 e. The van der Waals surface area contributed by atoms with Gasteiger partial charge in [0.15, 0.2) is 11.6 Å². The summed E-state index contributed by atoms with van der Waals surface area (Å²) in [4.78, 5) is 25.7. The zero-order chi connectivity index (χ0) is 16.7. The highest BCUT2D eigenvalue weighted by Crippen LogP contribution is 2.43. The lowest BCUT2D eigenvalue weighted by molar-refractivity contribution is -0.115. The molecule has 7 heteroatoms. The molecule has 0 fully saturated rings. The van der Waals surface area contributed by atoms with Gasteiger partial charge in [-0.3, -0.25) is 13.8 Å². The average Bonchev–Trinajstić information content (AvgIpc) is 2.92. The zero-order valence-corrected chi connectivity index (χ0v) is 15.5. The van der Waals surface area contributed by atoms with Gasteiger partial charge in [0.1, 0.15) is 0 Å². The molecule has 0 saturated heterocycles. The molecule has 1 aliphatic heterocycles. The van der Waals surface area contributed by atoms with Crippen molar-refractivity contribution in [1.29, 1.82) is 0 Å². The van der Waals surface area contributed by atoms with E-state index in [4.69, 9.17) is 23.2 Å². The Morgan fingerprint density at radius 1 is 1.30 bits per heavy atom. The maximum absolute atomic E-state index is 12.7. The van der Waals surface area contributed by atoms with E-state index in [1.165, 1.54) is 11.8 Å². The van der Waals surface area contributed by atoms with Gasteiger partial charge in [0, 0.05) is 39.0 Å². The second-order valence-electron chi connectivity index (χ2n) is 5.54. The first kappa shape index (κ1) is 17.2. The van der Waals surface area contributed by atoms with Crippen LogP contribution in [0.5, 0.6) is 0 Å². The van der Waals surface area contributed by atoms with E-state index in [1.807, 2.05) is 6.07 Å². The maximum atomic E-state index is 12.7. The molecule has 2 unspecified atom stereocenters. The Bertz CT molecular complexity index is 771. The number of fused-ring (bicyclic) bond motifs is 1. The van der Waals surface area contributed by atoms with Crippen molar-refractivity contribution in [2.75, 3.05) is 6.26 Å². The number of hydrogen-bond acceptors (Lipinski definition) is 4. The molecule has 0 spiro atoms. The molecule has 23 heavy (non-hydrogen) atoms. The van der Waals surface area contributed by atoms with Crippen molar-refractivity contribution in [2.24, 2.45) is 0 Å². The number of carbonyl (C=O) groups is 2. The molecule has 122 valence electrons. The minimum atomic E-state index is -0.974. The van der Waals surface area contributed by atoms with E-state index in [-0.39, 0.29) is 15.9 Å². The van der Waals surface area contributed by atoms with Crippen LogP contribution in [0.4, 0.5) is 0 Å². The summed E-state index contributed by atoms with van der Waals surface area (Å²) in [5.74, 6) is -0.622. The van der Waals surface area contributed by atoms with Crippen LogP contribution in [-0.4, -0.2) is 26.6 Å². The number of carbonyl (C=O) groups excluding carboxylic acids is 2. The van der Waals surface area contributed by atoms with Crippen molar-refractivity contribution in [3.8, 4) is 0 Å². The second-order valence-corrected chi connectivity index (χ2v) is 9.48. The molecule has 0 bridgehead atoms. The maximum Gasteiger partial charge on any atom is 0.199 e. The fourth-order valence-corrected chi connectivity index (χ4v) is 5.77. The third kappa shape index (κ3) is 3.16. The highest BCUT2D eigenvalue weighted by molar-refractivity contribution is 8.11. The van der Waals surface area contributed by atoms with Gasteiger partial charge >= 0.3 is 0 Å². The average molecular weight is 389 g/mol. The van der Waals surface area contributed by atoms with Gasteiger partial charge in [-0.05, 0) is 37.0 Å². The fraction of sp³-hybridized carbons (Fsp3) is 0.375. The van der Waals surface area contributed by atoms with E-state index >= 15 is 0 Å². The number of ketones is 2. The van der Waals surface area contributed by atoms with E-state index in [1.54, 1.807) is 12.3 Å². The monoisotopic (exact) mass is 388 g/mol. The van der Waals surface area contributed by atoms with Gasteiger partial charge in [-0.25, -0.2) is 0 Å². The van der Waals surface area contributed by atoms with Crippen LogP contribution in [-0.2, 0) is 22.0 Å². The Balaban J connectivity index is 2.00. The quantitative estimate of drug-likeness (QED) is 0.577. The second kappa shape index (κ2) is 6.71. The summed E-state index contributed by atoms with van der Waals surface area (Å²) in [5, 5.41) is 0.674. The zero-order valence-electron chi connectivity index (χ0n) is 12.4. The molecule has 0 saturated carbocycles. The molecule has 2 aliphatic rings. The van der Waals surface area contributed by atoms with Crippen molar-refractivity contribution in [2.45, 2.75) is 35.2 Å². The van der Waals surface area contributed by atoms with Crippen LogP contribution in [0.2, 0.25) is 5.02 Å². The summed E-state index contributed by atoms with van der Waals surface area (Å²) in [6.45, 7) is 0. The Morgan fingerprint density at radius 3 is 2.70 bits per heavy atom. The number of Topliss-reactive ketones (excluding diaryl/α,β-unsaturated/α-hetero) is 2. The number of allylic oxidation sites excluding steroid dienone is 2. The summed E-state index contributed by atoms with van der Waals surface area (Å²) >= 11 is 14.0. The lowest BCUT2D eigenvalue weighted by atomic mass is 9.91. The molecule has 1 heterocycles. The first-order valence-corrected chi connectivity index (χ1v) is 10.4. The predicted octanol–water partition coefficient (Wildman–Crippen LogP) is 4.12. The summed E-state index contributed by atoms with van der Waals surface area (Å²) in [5.41, 5.74) is 1.21. The minimum Gasteiger partial charge on any atom is -0.294 e. The first-order valence-electron chi connectivity index (χ1n) is 7.17. The van der Waals surface area contributed by atoms with Crippen LogP contribution in [0, 0.1) is 0 Å². The molecule has 3 rings (SSSR count). The molecule has 0 radical (unpaired) electrons. The lowest BCUT2D eigenvalue weighted by Crippen LogP contribution is -2.18. The molecule has 0 N–H and O–H groups in total. The summed E-state index contributed by atoms with van der Waals surface area (Å²) in [6.07, 6.45) is 3.78. The van der Waals surface area contributed by atoms with Crippen molar-refractivity contribution < 1.29 is 13.8 Å². The van der Waals surface area contributed by atoms with Crippen molar-refractivity contribution >= 4 is 57.3 Å². The lowest BCUT2D eigenvalue weighted by Gasteiger charge is -2.15. The Morgan fingerprint density at radius 2 is 2.04 bits per heavy atom. The van der Waals surface area contributed by atoms with Gasteiger partial charge in [0.2, 0.25) is 0 Å². The fourth-order valence-electron chi connectivity index (χ4n) is 2.80.